The molecular weight excluding hydrogens is 438 g/mol. The Kier molecular flexibility index (Phi) is 4.75. The maximum absolute atomic E-state index is 13.4. The number of hydrogen-bond acceptors (Lipinski definition) is 7. The number of aromatic nitrogens is 5. The van der Waals surface area contributed by atoms with Crippen molar-refractivity contribution in [3.05, 3.63) is 69.5 Å². The highest BCUT2D eigenvalue weighted by Gasteiger charge is 2.27. The predicted octanol–water partition coefficient (Wildman–Crippen LogP) is 2.35. The van der Waals surface area contributed by atoms with Gasteiger partial charge in [-0.1, -0.05) is 29.8 Å². The van der Waals surface area contributed by atoms with E-state index >= 15 is 0 Å². The number of aryl methyl sites for hydroxylation is 1. The summed E-state index contributed by atoms with van der Waals surface area (Å²) in [4.78, 5) is 22.4. The molecule has 3 aromatic heterocycles. The zero-order chi connectivity index (χ0) is 21.7. The highest BCUT2D eigenvalue weighted by molar-refractivity contribution is 7.85. The number of nitrogens with one attached hydrogen (secondary N) is 1. The minimum atomic E-state index is -1.21. The van der Waals surface area contributed by atoms with Crippen molar-refractivity contribution >= 4 is 39.7 Å². The molecule has 4 heterocycles. The van der Waals surface area contributed by atoms with Crippen LogP contribution in [0.5, 0.6) is 0 Å². The molecule has 158 valence electrons. The van der Waals surface area contributed by atoms with Gasteiger partial charge in [0.2, 0.25) is 5.95 Å². The van der Waals surface area contributed by atoms with Gasteiger partial charge in [-0.3, -0.25) is 13.6 Å². The van der Waals surface area contributed by atoms with E-state index in [9.17, 15) is 9.00 Å². The molecule has 1 unspecified atom stereocenters. The lowest BCUT2D eigenvalue weighted by molar-refractivity contribution is 0.669. The van der Waals surface area contributed by atoms with E-state index in [0.717, 1.165) is 0 Å². The van der Waals surface area contributed by atoms with Gasteiger partial charge in [0.1, 0.15) is 16.2 Å². The lowest BCUT2D eigenvalue weighted by Gasteiger charge is -2.20. The summed E-state index contributed by atoms with van der Waals surface area (Å²) in [7, 11) is -1.21. The van der Waals surface area contributed by atoms with Crippen molar-refractivity contribution in [1.82, 2.24) is 24.1 Å². The van der Waals surface area contributed by atoms with E-state index < -0.39 is 16.8 Å². The Hall–Kier alpha value is -3.24. The van der Waals surface area contributed by atoms with Crippen LogP contribution in [0, 0.1) is 0 Å². The molecule has 1 aliphatic rings. The van der Waals surface area contributed by atoms with Crippen molar-refractivity contribution in [3.63, 3.8) is 0 Å². The minimum Gasteiger partial charge on any atom is -0.368 e. The number of benzene rings is 1. The van der Waals surface area contributed by atoms with Crippen molar-refractivity contribution in [2.24, 2.45) is 0 Å². The van der Waals surface area contributed by atoms with E-state index in [1.54, 1.807) is 12.3 Å². The first-order chi connectivity index (χ1) is 14.9. The zero-order valence-corrected chi connectivity index (χ0v) is 18.0. The molecule has 3 N–H and O–H groups in total. The first-order valence-electron chi connectivity index (χ1n) is 9.60. The second kappa shape index (κ2) is 7.47. The lowest BCUT2D eigenvalue weighted by Crippen LogP contribution is -2.29. The van der Waals surface area contributed by atoms with Crippen LogP contribution in [0.3, 0.4) is 0 Å². The Morgan fingerprint density at radius 1 is 1.23 bits per heavy atom. The van der Waals surface area contributed by atoms with Crippen LogP contribution in [0.15, 0.2) is 52.3 Å². The molecule has 2 atom stereocenters. The number of rotatable bonds is 4. The molecule has 9 nitrogen and oxygen atoms in total. The average Bonchev–Trinajstić information content (AvgIpc) is 3.31. The van der Waals surface area contributed by atoms with Gasteiger partial charge in [-0.05, 0) is 25.1 Å². The topological polar surface area (TPSA) is 120 Å². The Bertz CT molecular complexity index is 1400. The molecule has 0 fully saturated rings. The molecule has 0 spiro atoms. The van der Waals surface area contributed by atoms with Crippen LogP contribution in [0.2, 0.25) is 5.02 Å². The molecule has 5 rings (SSSR count). The van der Waals surface area contributed by atoms with Crippen LogP contribution in [0.4, 0.5) is 11.8 Å². The van der Waals surface area contributed by atoms with Crippen LogP contribution in [-0.2, 0) is 17.2 Å². The molecule has 11 heteroatoms. The SMILES string of the molecule is C[C@H](Nc1nc(N)nc2c1S(=O)CC2)c1nn2ccc(Cl)c2c(=O)n1-c1ccccc1. The van der Waals surface area contributed by atoms with E-state index in [4.69, 9.17) is 17.3 Å². The minimum absolute atomic E-state index is 0.105. The van der Waals surface area contributed by atoms with Gasteiger partial charge in [0.05, 0.1) is 33.2 Å². The van der Waals surface area contributed by atoms with E-state index in [1.165, 1.54) is 9.08 Å². The number of para-hydroxylation sites is 1. The van der Waals surface area contributed by atoms with E-state index in [2.05, 4.69) is 20.4 Å². The normalized spacial score (nSPS) is 16.4. The number of nitrogens with zero attached hydrogens (tertiary/aromatic N) is 5. The zero-order valence-electron chi connectivity index (χ0n) is 16.4. The summed E-state index contributed by atoms with van der Waals surface area (Å²) >= 11 is 6.24. The third kappa shape index (κ3) is 3.28. The molecule has 0 saturated heterocycles. The van der Waals surface area contributed by atoms with E-state index in [-0.39, 0.29) is 17.0 Å². The number of nitrogens with two attached hydrogens (primary N) is 1. The number of nitrogen functional groups attached to an aromatic ring is 1. The Morgan fingerprint density at radius 2 is 2.00 bits per heavy atom. The smallest absolute Gasteiger partial charge is 0.284 e. The monoisotopic (exact) mass is 455 g/mol. The van der Waals surface area contributed by atoms with Crippen molar-refractivity contribution in [2.45, 2.75) is 24.3 Å². The summed E-state index contributed by atoms with van der Waals surface area (Å²) in [5.74, 6) is 1.42. The molecule has 1 aromatic carbocycles. The number of fused-ring (bicyclic) bond motifs is 2. The Balaban J connectivity index is 1.68. The van der Waals surface area contributed by atoms with Crippen molar-refractivity contribution < 1.29 is 4.21 Å². The van der Waals surface area contributed by atoms with Gasteiger partial charge in [-0.25, -0.2) is 9.50 Å². The van der Waals surface area contributed by atoms with Gasteiger partial charge in [-0.15, -0.1) is 0 Å². The van der Waals surface area contributed by atoms with Gasteiger partial charge in [0.15, 0.2) is 5.82 Å². The van der Waals surface area contributed by atoms with Crippen LogP contribution >= 0.6 is 11.6 Å². The molecule has 0 amide bonds. The van der Waals surface area contributed by atoms with Crippen molar-refractivity contribution in [3.8, 4) is 5.69 Å². The van der Waals surface area contributed by atoms with E-state index in [1.807, 2.05) is 37.3 Å². The van der Waals surface area contributed by atoms with Crippen molar-refractivity contribution in [2.75, 3.05) is 16.8 Å². The highest BCUT2D eigenvalue weighted by Crippen LogP contribution is 2.30. The standard InChI is InChI=1S/C20H18ClN7O2S/c1-11(23-17-16-14(8-10-31(16)30)24-20(22)25-17)18-26-27-9-7-13(21)15(27)19(29)28(18)12-5-3-2-4-6-12/h2-7,9,11H,8,10H2,1H3,(H3,22,23,24,25)/t11-,31?/m0/s1. The third-order valence-electron chi connectivity index (χ3n) is 5.12. The lowest BCUT2D eigenvalue weighted by atomic mass is 10.2. The second-order valence-electron chi connectivity index (χ2n) is 7.16. The molecule has 0 bridgehead atoms. The fraction of sp³-hybridized carbons (Fsp3) is 0.200. The fourth-order valence-corrected chi connectivity index (χ4v) is 5.28. The first kappa shape index (κ1) is 19.7. The van der Waals surface area contributed by atoms with Crippen LogP contribution in [0.25, 0.3) is 11.2 Å². The molecule has 0 radical (unpaired) electrons. The number of halogens is 1. The molecule has 1 aliphatic heterocycles. The van der Waals surface area contributed by atoms with Gasteiger partial charge in [0.25, 0.3) is 5.56 Å². The van der Waals surface area contributed by atoms with Crippen LogP contribution in [-0.4, -0.2) is 34.1 Å². The van der Waals surface area contributed by atoms with Crippen molar-refractivity contribution in [1.29, 1.82) is 0 Å². The van der Waals surface area contributed by atoms with E-state index in [0.29, 0.717) is 45.1 Å². The highest BCUT2D eigenvalue weighted by atomic mass is 35.5. The summed E-state index contributed by atoms with van der Waals surface area (Å²) in [6.07, 6.45) is 2.22. The maximum Gasteiger partial charge on any atom is 0.284 e. The second-order valence-corrected chi connectivity index (χ2v) is 9.08. The third-order valence-corrected chi connectivity index (χ3v) is 6.89. The summed E-state index contributed by atoms with van der Waals surface area (Å²) in [5, 5.41) is 8.22. The van der Waals surface area contributed by atoms with Crippen LogP contribution in [0.1, 0.15) is 24.5 Å². The molecule has 0 saturated carbocycles. The first-order valence-corrected chi connectivity index (χ1v) is 11.3. The van der Waals surface area contributed by atoms with Gasteiger partial charge < -0.3 is 11.1 Å². The molecular formula is C20H18ClN7O2S. The number of hydrogen-bond donors (Lipinski definition) is 2. The Morgan fingerprint density at radius 3 is 2.77 bits per heavy atom. The summed E-state index contributed by atoms with van der Waals surface area (Å²) < 4.78 is 15.5. The molecule has 4 aromatic rings. The summed E-state index contributed by atoms with van der Waals surface area (Å²) in [5.41, 5.74) is 7.19. The predicted molar refractivity (Wildman–Crippen MR) is 119 cm³/mol. The quantitative estimate of drug-likeness (QED) is 0.484. The largest absolute Gasteiger partial charge is 0.368 e. The number of anilines is 2. The Labute approximate surface area is 184 Å². The maximum atomic E-state index is 13.4. The van der Waals surface area contributed by atoms with Gasteiger partial charge in [0, 0.05) is 18.4 Å². The summed E-state index contributed by atoms with van der Waals surface area (Å²) in [6.45, 7) is 1.85. The van der Waals surface area contributed by atoms with Gasteiger partial charge >= 0.3 is 0 Å². The molecule has 31 heavy (non-hydrogen) atoms. The average molecular weight is 456 g/mol. The molecule has 0 aliphatic carbocycles. The fourth-order valence-electron chi connectivity index (χ4n) is 3.74. The van der Waals surface area contributed by atoms with Crippen LogP contribution < -0.4 is 16.6 Å². The summed E-state index contributed by atoms with van der Waals surface area (Å²) in [6, 6.07) is 10.3. The van der Waals surface area contributed by atoms with Gasteiger partial charge in [-0.2, -0.15) is 10.1 Å².